The van der Waals surface area contributed by atoms with E-state index in [0.717, 1.165) is 0 Å². The van der Waals surface area contributed by atoms with E-state index >= 15 is 0 Å². The van der Waals surface area contributed by atoms with Crippen molar-refractivity contribution in [3.05, 3.63) is 38.7 Å². The standard InChI is InChI=1S/C17H18BrNO6/c1-8(15(22)25-17(2,3)4)19-14(21)11-12(20)9-6-5-7-10(18)13(9)24-16(11)23/h5-8,20H,1-4H3,(H,19,21). The normalized spacial score (nSPS) is 12.7. The van der Waals surface area contributed by atoms with Gasteiger partial charge >= 0.3 is 11.6 Å². The Labute approximate surface area is 152 Å². The molecule has 0 bridgehead atoms. The summed E-state index contributed by atoms with van der Waals surface area (Å²) < 4.78 is 10.7. The fraction of sp³-hybridized carbons (Fsp3) is 0.353. The van der Waals surface area contributed by atoms with Crippen molar-refractivity contribution in [2.24, 2.45) is 0 Å². The van der Waals surface area contributed by atoms with Crippen molar-refractivity contribution in [1.82, 2.24) is 5.32 Å². The van der Waals surface area contributed by atoms with Gasteiger partial charge in [0.2, 0.25) is 0 Å². The Balaban J connectivity index is 2.34. The van der Waals surface area contributed by atoms with Crippen LogP contribution in [0.25, 0.3) is 11.0 Å². The number of esters is 1. The lowest BCUT2D eigenvalue weighted by molar-refractivity contribution is -0.156. The molecule has 0 aliphatic heterocycles. The smallest absolute Gasteiger partial charge is 0.353 e. The zero-order valence-corrected chi connectivity index (χ0v) is 15.8. The minimum absolute atomic E-state index is 0.127. The van der Waals surface area contributed by atoms with Crippen molar-refractivity contribution in [2.45, 2.75) is 39.3 Å². The lowest BCUT2D eigenvalue weighted by Crippen LogP contribution is -2.43. The molecule has 1 aromatic carbocycles. The molecule has 0 aliphatic rings. The van der Waals surface area contributed by atoms with Gasteiger partial charge in [0.05, 0.1) is 9.86 Å². The third-order valence-corrected chi connectivity index (χ3v) is 3.82. The first-order valence-electron chi connectivity index (χ1n) is 7.49. The summed E-state index contributed by atoms with van der Waals surface area (Å²) in [6, 6.07) is 3.75. The van der Waals surface area contributed by atoms with Crippen LogP contribution < -0.4 is 10.9 Å². The van der Waals surface area contributed by atoms with Gasteiger partial charge in [-0.25, -0.2) is 9.59 Å². The first kappa shape index (κ1) is 19.0. The van der Waals surface area contributed by atoms with E-state index in [0.29, 0.717) is 4.47 Å². The molecule has 0 aliphatic carbocycles. The summed E-state index contributed by atoms with van der Waals surface area (Å²) in [4.78, 5) is 36.4. The third kappa shape index (κ3) is 4.19. The van der Waals surface area contributed by atoms with E-state index in [4.69, 9.17) is 9.15 Å². The topological polar surface area (TPSA) is 106 Å². The minimum atomic E-state index is -1.01. The first-order chi connectivity index (χ1) is 11.5. The van der Waals surface area contributed by atoms with Gasteiger partial charge in [-0.2, -0.15) is 0 Å². The summed E-state index contributed by atoms with van der Waals surface area (Å²) in [5.74, 6) is -2.10. The molecule has 0 saturated carbocycles. The Morgan fingerprint density at radius 2 is 1.96 bits per heavy atom. The second kappa shape index (κ2) is 6.87. The molecule has 25 heavy (non-hydrogen) atoms. The van der Waals surface area contributed by atoms with Gasteiger partial charge in [0, 0.05) is 0 Å². The van der Waals surface area contributed by atoms with Crippen molar-refractivity contribution < 1.29 is 23.8 Å². The number of fused-ring (bicyclic) bond motifs is 1. The van der Waals surface area contributed by atoms with Gasteiger partial charge < -0.3 is 19.6 Å². The number of halogens is 1. The fourth-order valence-electron chi connectivity index (χ4n) is 2.09. The fourth-order valence-corrected chi connectivity index (χ4v) is 2.54. The minimum Gasteiger partial charge on any atom is -0.506 e. The molecule has 8 heteroatoms. The summed E-state index contributed by atoms with van der Waals surface area (Å²) in [7, 11) is 0. The Morgan fingerprint density at radius 1 is 1.32 bits per heavy atom. The van der Waals surface area contributed by atoms with Crippen molar-refractivity contribution in [1.29, 1.82) is 0 Å². The molecule has 2 aromatic rings. The monoisotopic (exact) mass is 411 g/mol. The van der Waals surface area contributed by atoms with E-state index in [1.54, 1.807) is 32.9 Å². The van der Waals surface area contributed by atoms with Gasteiger partial charge in [0.1, 0.15) is 17.4 Å². The molecule has 1 aromatic heterocycles. The Kier molecular flexibility index (Phi) is 5.22. The van der Waals surface area contributed by atoms with Crippen molar-refractivity contribution in [3.8, 4) is 5.75 Å². The molecule has 1 heterocycles. The van der Waals surface area contributed by atoms with Gasteiger partial charge in [-0.05, 0) is 55.8 Å². The zero-order valence-electron chi connectivity index (χ0n) is 14.2. The van der Waals surface area contributed by atoms with Crippen molar-refractivity contribution in [3.63, 3.8) is 0 Å². The molecule has 1 atom stereocenters. The number of rotatable bonds is 3. The number of nitrogens with one attached hydrogen (secondary N) is 1. The van der Waals surface area contributed by atoms with E-state index in [-0.39, 0.29) is 11.0 Å². The molecular formula is C17H18BrNO6. The van der Waals surface area contributed by atoms with E-state index in [1.807, 2.05) is 0 Å². The van der Waals surface area contributed by atoms with Gasteiger partial charge in [-0.15, -0.1) is 0 Å². The predicted molar refractivity (Wildman–Crippen MR) is 94.6 cm³/mol. The number of benzene rings is 1. The maximum Gasteiger partial charge on any atom is 0.353 e. The zero-order chi connectivity index (χ0) is 18.9. The number of hydrogen-bond donors (Lipinski definition) is 2. The van der Waals surface area contributed by atoms with Crippen LogP contribution in [0, 0.1) is 0 Å². The molecule has 2 N–H and O–H groups in total. The van der Waals surface area contributed by atoms with Crippen molar-refractivity contribution in [2.75, 3.05) is 0 Å². The predicted octanol–water partition coefficient (Wildman–Crippen LogP) is 2.72. The maximum atomic E-state index is 12.3. The third-order valence-electron chi connectivity index (χ3n) is 3.19. The number of amides is 1. The summed E-state index contributed by atoms with van der Waals surface area (Å²) in [5.41, 5.74) is -2.17. The van der Waals surface area contributed by atoms with Crippen LogP contribution in [0.1, 0.15) is 38.1 Å². The van der Waals surface area contributed by atoms with Crippen LogP contribution in [0.2, 0.25) is 0 Å². The van der Waals surface area contributed by atoms with Crippen LogP contribution >= 0.6 is 15.9 Å². The molecular weight excluding hydrogens is 394 g/mol. The van der Waals surface area contributed by atoms with E-state index in [9.17, 15) is 19.5 Å². The van der Waals surface area contributed by atoms with Crippen molar-refractivity contribution >= 4 is 38.8 Å². The van der Waals surface area contributed by atoms with Crippen LogP contribution in [-0.4, -0.2) is 28.6 Å². The van der Waals surface area contributed by atoms with E-state index in [2.05, 4.69) is 21.2 Å². The summed E-state index contributed by atoms with van der Waals surface area (Å²) in [6.07, 6.45) is 0. The number of carbonyl (C=O) groups excluding carboxylic acids is 2. The van der Waals surface area contributed by atoms with Crippen LogP contribution in [-0.2, 0) is 9.53 Å². The average Bonchev–Trinajstić information content (AvgIpc) is 2.46. The summed E-state index contributed by atoms with van der Waals surface area (Å²) in [5, 5.41) is 12.8. The van der Waals surface area contributed by atoms with Crippen LogP contribution in [0.4, 0.5) is 0 Å². The highest BCUT2D eigenvalue weighted by molar-refractivity contribution is 9.10. The highest BCUT2D eigenvalue weighted by Crippen LogP contribution is 2.30. The second-order valence-electron chi connectivity index (χ2n) is 6.46. The number of carbonyl (C=O) groups is 2. The molecule has 0 radical (unpaired) electrons. The van der Waals surface area contributed by atoms with E-state index < -0.39 is 40.5 Å². The highest BCUT2D eigenvalue weighted by atomic mass is 79.9. The van der Waals surface area contributed by atoms with Crippen LogP contribution in [0.3, 0.4) is 0 Å². The van der Waals surface area contributed by atoms with Gasteiger partial charge in [-0.3, -0.25) is 4.79 Å². The van der Waals surface area contributed by atoms with Crippen LogP contribution in [0.5, 0.6) is 5.75 Å². The second-order valence-corrected chi connectivity index (χ2v) is 7.31. The molecule has 1 amide bonds. The Morgan fingerprint density at radius 3 is 2.56 bits per heavy atom. The molecule has 0 spiro atoms. The van der Waals surface area contributed by atoms with Gasteiger partial charge in [0.25, 0.3) is 5.91 Å². The summed E-state index contributed by atoms with van der Waals surface area (Å²) >= 11 is 3.21. The van der Waals surface area contributed by atoms with Gasteiger partial charge in [0.15, 0.2) is 11.1 Å². The SMILES string of the molecule is CC(NC(=O)c1c(O)c2cccc(Br)c2oc1=O)C(=O)OC(C)(C)C. The molecule has 0 fully saturated rings. The number of aromatic hydroxyl groups is 1. The largest absolute Gasteiger partial charge is 0.506 e. The Bertz CT molecular complexity index is 896. The van der Waals surface area contributed by atoms with Crippen LogP contribution in [0.15, 0.2) is 31.9 Å². The van der Waals surface area contributed by atoms with E-state index in [1.165, 1.54) is 13.0 Å². The lowest BCUT2D eigenvalue weighted by Gasteiger charge is -2.22. The average molecular weight is 412 g/mol. The highest BCUT2D eigenvalue weighted by Gasteiger charge is 2.27. The molecule has 2 rings (SSSR count). The molecule has 7 nitrogen and oxygen atoms in total. The Hall–Kier alpha value is -2.35. The first-order valence-corrected chi connectivity index (χ1v) is 8.28. The molecule has 1 unspecified atom stereocenters. The quantitative estimate of drug-likeness (QED) is 0.593. The number of ether oxygens (including phenoxy) is 1. The maximum absolute atomic E-state index is 12.3. The number of para-hydroxylation sites is 1. The number of hydrogen-bond acceptors (Lipinski definition) is 6. The van der Waals surface area contributed by atoms with Gasteiger partial charge in [-0.1, -0.05) is 6.07 Å². The summed E-state index contributed by atoms with van der Waals surface area (Å²) in [6.45, 7) is 6.51. The lowest BCUT2D eigenvalue weighted by atomic mass is 10.1. The molecule has 134 valence electrons. The molecule has 0 saturated heterocycles.